The second-order valence-electron chi connectivity index (χ2n) is 4.34. The number of hydrogen-bond acceptors (Lipinski definition) is 3. The van der Waals surface area contributed by atoms with Crippen LogP contribution in [0.5, 0.6) is 17.2 Å². The van der Waals surface area contributed by atoms with Gasteiger partial charge in [-0.3, -0.25) is 0 Å². The Bertz CT molecular complexity index is 662. The molecule has 0 aromatic heterocycles. The van der Waals surface area contributed by atoms with E-state index in [1.54, 1.807) is 25.3 Å². The quantitative estimate of drug-likeness (QED) is 0.782. The third kappa shape index (κ3) is 3.23. The Labute approximate surface area is 123 Å². The molecule has 0 unspecified atom stereocenters. The number of ether oxygens (including phenoxy) is 2. The van der Waals surface area contributed by atoms with Crippen LogP contribution in [-0.4, -0.2) is 7.11 Å². The predicted molar refractivity (Wildman–Crippen MR) is 78.5 cm³/mol. The first-order valence-corrected chi connectivity index (χ1v) is 6.62. The fourth-order valence-corrected chi connectivity index (χ4v) is 2.02. The summed E-state index contributed by atoms with van der Waals surface area (Å²) < 4.78 is 11.0. The lowest BCUT2D eigenvalue weighted by molar-refractivity contribution is 0.408. The SMILES string of the molecule is COc1cc(C#N)cc(Oc2ccc(CCl)cc2C)c1. The zero-order valence-corrected chi connectivity index (χ0v) is 12.1. The maximum absolute atomic E-state index is 9.00. The van der Waals surface area contributed by atoms with Gasteiger partial charge in [-0.05, 0) is 36.2 Å². The Morgan fingerprint density at radius 3 is 2.50 bits per heavy atom. The Morgan fingerprint density at radius 2 is 1.90 bits per heavy atom. The summed E-state index contributed by atoms with van der Waals surface area (Å²) in [7, 11) is 1.56. The lowest BCUT2D eigenvalue weighted by Crippen LogP contribution is -1.91. The fourth-order valence-electron chi connectivity index (χ4n) is 1.85. The molecule has 0 heterocycles. The van der Waals surface area contributed by atoms with Crippen LogP contribution in [0.25, 0.3) is 0 Å². The normalized spacial score (nSPS) is 9.90. The summed E-state index contributed by atoms with van der Waals surface area (Å²) >= 11 is 5.80. The Morgan fingerprint density at radius 1 is 1.15 bits per heavy atom. The average Bonchev–Trinajstić information content (AvgIpc) is 2.48. The lowest BCUT2D eigenvalue weighted by Gasteiger charge is -2.11. The molecule has 0 aliphatic heterocycles. The van der Waals surface area contributed by atoms with Crippen molar-refractivity contribution in [3.05, 3.63) is 53.1 Å². The minimum absolute atomic E-state index is 0.471. The van der Waals surface area contributed by atoms with E-state index in [0.29, 0.717) is 22.9 Å². The molecule has 2 aromatic carbocycles. The van der Waals surface area contributed by atoms with Gasteiger partial charge in [0.15, 0.2) is 0 Å². The molecule has 3 nitrogen and oxygen atoms in total. The maximum Gasteiger partial charge on any atom is 0.132 e. The summed E-state index contributed by atoms with van der Waals surface area (Å²) in [5, 5.41) is 9.00. The minimum Gasteiger partial charge on any atom is -0.497 e. The number of methoxy groups -OCH3 is 1. The van der Waals surface area contributed by atoms with E-state index < -0.39 is 0 Å². The van der Waals surface area contributed by atoms with Gasteiger partial charge in [0.2, 0.25) is 0 Å². The topological polar surface area (TPSA) is 42.2 Å². The minimum atomic E-state index is 0.471. The Hall–Kier alpha value is -2.18. The summed E-state index contributed by atoms with van der Waals surface area (Å²) in [5.74, 6) is 2.37. The van der Waals surface area contributed by atoms with Gasteiger partial charge in [0.1, 0.15) is 17.2 Å². The molecule has 20 heavy (non-hydrogen) atoms. The van der Waals surface area contributed by atoms with Crippen molar-refractivity contribution in [2.24, 2.45) is 0 Å². The molecule has 0 saturated heterocycles. The molecule has 4 heteroatoms. The fraction of sp³-hybridized carbons (Fsp3) is 0.188. The molecule has 0 amide bonds. The van der Waals surface area contributed by atoms with Crippen LogP contribution >= 0.6 is 11.6 Å². The largest absolute Gasteiger partial charge is 0.497 e. The number of halogens is 1. The van der Waals surface area contributed by atoms with Crippen LogP contribution in [0.2, 0.25) is 0 Å². The number of nitrogens with zero attached hydrogens (tertiary/aromatic N) is 1. The molecule has 0 N–H and O–H groups in total. The third-order valence-electron chi connectivity index (χ3n) is 2.87. The molecular weight excluding hydrogens is 274 g/mol. The van der Waals surface area contributed by atoms with Crippen molar-refractivity contribution in [1.82, 2.24) is 0 Å². The van der Waals surface area contributed by atoms with Gasteiger partial charge in [-0.15, -0.1) is 11.6 Å². The molecule has 2 rings (SSSR count). The van der Waals surface area contributed by atoms with Gasteiger partial charge in [0, 0.05) is 11.9 Å². The molecular formula is C16H14ClNO2. The molecule has 2 aromatic rings. The van der Waals surface area contributed by atoms with Gasteiger partial charge in [-0.1, -0.05) is 12.1 Å². The van der Waals surface area contributed by atoms with Gasteiger partial charge in [0.25, 0.3) is 0 Å². The average molecular weight is 288 g/mol. The molecule has 102 valence electrons. The number of rotatable bonds is 4. The van der Waals surface area contributed by atoms with Crippen molar-refractivity contribution >= 4 is 11.6 Å². The molecule has 0 radical (unpaired) electrons. The van der Waals surface area contributed by atoms with Crippen molar-refractivity contribution in [3.63, 3.8) is 0 Å². The van der Waals surface area contributed by atoms with Gasteiger partial charge < -0.3 is 9.47 Å². The zero-order chi connectivity index (χ0) is 14.5. The van der Waals surface area contributed by atoms with Crippen LogP contribution in [0, 0.1) is 18.3 Å². The number of benzene rings is 2. The van der Waals surface area contributed by atoms with Crippen molar-refractivity contribution in [3.8, 4) is 23.3 Å². The first kappa shape index (κ1) is 14.2. The molecule has 0 aliphatic rings. The highest BCUT2D eigenvalue weighted by Crippen LogP contribution is 2.29. The van der Waals surface area contributed by atoms with Gasteiger partial charge in [-0.25, -0.2) is 0 Å². The standard InChI is InChI=1S/C16H14ClNO2/c1-11-5-12(9-17)3-4-16(11)20-15-7-13(10-18)6-14(8-15)19-2/h3-8H,9H2,1-2H3. The van der Waals surface area contributed by atoms with Crippen LogP contribution in [0.4, 0.5) is 0 Å². The van der Waals surface area contributed by atoms with E-state index in [1.165, 1.54) is 0 Å². The number of hydrogen-bond donors (Lipinski definition) is 0. The van der Waals surface area contributed by atoms with Gasteiger partial charge in [0.05, 0.1) is 18.7 Å². The summed E-state index contributed by atoms with van der Waals surface area (Å²) in [6.07, 6.45) is 0. The molecule has 0 atom stereocenters. The highest BCUT2D eigenvalue weighted by Gasteiger charge is 2.06. The van der Waals surface area contributed by atoms with E-state index in [9.17, 15) is 0 Å². The summed E-state index contributed by atoms with van der Waals surface area (Å²) in [4.78, 5) is 0. The molecule has 0 spiro atoms. The number of aryl methyl sites for hydroxylation is 1. The second-order valence-corrected chi connectivity index (χ2v) is 4.61. The maximum atomic E-state index is 9.00. The van der Waals surface area contributed by atoms with Crippen molar-refractivity contribution in [1.29, 1.82) is 5.26 Å². The molecule has 0 bridgehead atoms. The van der Waals surface area contributed by atoms with E-state index in [-0.39, 0.29) is 0 Å². The van der Waals surface area contributed by atoms with Gasteiger partial charge >= 0.3 is 0 Å². The molecule has 0 aliphatic carbocycles. The first-order valence-electron chi connectivity index (χ1n) is 6.09. The third-order valence-corrected chi connectivity index (χ3v) is 3.17. The Balaban J connectivity index is 2.32. The van der Waals surface area contributed by atoms with Crippen LogP contribution < -0.4 is 9.47 Å². The van der Waals surface area contributed by atoms with Crippen molar-refractivity contribution in [2.45, 2.75) is 12.8 Å². The summed E-state index contributed by atoms with van der Waals surface area (Å²) in [6, 6.07) is 12.9. The van der Waals surface area contributed by atoms with E-state index >= 15 is 0 Å². The smallest absolute Gasteiger partial charge is 0.132 e. The number of nitriles is 1. The Kier molecular flexibility index (Phi) is 4.49. The van der Waals surface area contributed by atoms with E-state index in [1.807, 2.05) is 25.1 Å². The summed E-state index contributed by atoms with van der Waals surface area (Å²) in [6.45, 7) is 1.96. The van der Waals surface area contributed by atoms with E-state index in [2.05, 4.69) is 6.07 Å². The first-order chi connectivity index (χ1) is 9.66. The summed E-state index contributed by atoms with van der Waals surface area (Å²) in [5.41, 5.74) is 2.53. The monoisotopic (exact) mass is 287 g/mol. The highest BCUT2D eigenvalue weighted by atomic mass is 35.5. The van der Waals surface area contributed by atoms with Crippen molar-refractivity contribution < 1.29 is 9.47 Å². The molecule has 0 fully saturated rings. The van der Waals surface area contributed by atoms with E-state index in [4.69, 9.17) is 26.3 Å². The van der Waals surface area contributed by atoms with Crippen LogP contribution in [0.3, 0.4) is 0 Å². The highest BCUT2D eigenvalue weighted by molar-refractivity contribution is 6.17. The second kappa shape index (κ2) is 6.31. The lowest BCUT2D eigenvalue weighted by atomic mass is 10.1. The zero-order valence-electron chi connectivity index (χ0n) is 11.3. The van der Waals surface area contributed by atoms with Crippen LogP contribution in [-0.2, 0) is 5.88 Å². The van der Waals surface area contributed by atoms with E-state index in [0.717, 1.165) is 16.9 Å². The number of alkyl halides is 1. The van der Waals surface area contributed by atoms with Gasteiger partial charge in [-0.2, -0.15) is 5.26 Å². The van der Waals surface area contributed by atoms with Crippen LogP contribution in [0.1, 0.15) is 16.7 Å². The predicted octanol–water partition coefficient (Wildman–Crippen LogP) is 4.41. The van der Waals surface area contributed by atoms with Crippen LogP contribution in [0.15, 0.2) is 36.4 Å². The van der Waals surface area contributed by atoms with Crippen molar-refractivity contribution in [2.75, 3.05) is 7.11 Å². The molecule has 0 saturated carbocycles.